The van der Waals surface area contributed by atoms with Gasteiger partial charge in [-0.3, -0.25) is 10.1 Å². The fourth-order valence-corrected chi connectivity index (χ4v) is 1.09. The maximum Gasteiger partial charge on any atom is 0.331 e. The maximum absolute atomic E-state index is 10.7. The molecule has 16 heavy (non-hydrogen) atoms. The highest BCUT2D eigenvalue weighted by molar-refractivity contribution is 6.29. The number of ether oxygens (including phenoxy) is 1. The van der Waals surface area contributed by atoms with Crippen LogP contribution in [0.2, 0.25) is 5.15 Å². The van der Waals surface area contributed by atoms with Gasteiger partial charge in [0, 0.05) is 6.07 Å². The van der Waals surface area contributed by atoms with Gasteiger partial charge < -0.3 is 4.74 Å². The Kier molecular flexibility index (Phi) is 4.06. The summed E-state index contributed by atoms with van der Waals surface area (Å²) in [6.07, 6.45) is -0.162. The molecule has 0 aromatic carbocycles. The molecular weight excluding hydrogens is 232 g/mol. The van der Waals surface area contributed by atoms with Crippen molar-refractivity contribution in [3.05, 3.63) is 27.4 Å². The summed E-state index contributed by atoms with van der Waals surface area (Å²) in [5.74, 6) is 0.207. The normalized spacial score (nSPS) is 12.6. The summed E-state index contributed by atoms with van der Waals surface area (Å²) < 4.78 is 5.41. The van der Waals surface area contributed by atoms with E-state index in [9.17, 15) is 10.1 Å². The van der Waals surface area contributed by atoms with Crippen LogP contribution in [0.25, 0.3) is 0 Å². The fourth-order valence-electron chi connectivity index (χ4n) is 0.948. The van der Waals surface area contributed by atoms with Crippen LogP contribution in [0, 0.1) is 16.0 Å². The third kappa shape index (κ3) is 3.06. The molecule has 0 saturated carbocycles. The van der Waals surface area contributed by atoms with Gasteiger partial charge in [-0.2, -0.15) is 4.98 Å². The standard InChI is InChI=1S/C10H13ClN2O3/c1-6(2)7(3)16-10-8(13(14)15)4-5-9(11)12-10/h4-7H,1-3H3. The lowest BCUT2D eigenvalue weighted by molar-refractivity contribution is -0.386. The predicted molar refractivity (Wildman–Crippen MR) is 60.8 cm³/mol. The lowest BCUT2D eigenvalue weighted by Crippen LogP contribution is -2.19. The molecular formula is C10H13ClN2O3. The van der Waals surface area contributed by atoms with Gasteiger partial charge in [-0.05, 0) is 18.9 Å². The Labute approximate surface area is 98.5 Å². The Morgan fingerprint density at radius 2 is 2.06 bits per heavy atom. The summed E-state index contributed by atoms with van der Waals surface area (Å²) in [4.78, 5) is 14.0. The summed E-state index contributed by atoms with van der Waals surface area (Å²) in [6.45, 7) is 5.75. The van der Waals surface area contributed by atoms with Crippen molar-refractivity contribution in [2.75, 3.05) is 0 Å². The molecule has 88 valence electrons. The summed E-state index contributed by atoms with van der Waals surface area (Å²) >= 11 is 5.67. The molecule has 1 aromatic rings. The minimum Gasteiger partial charge on any atom is -0.469 e. The van der Waals surface area contributed by atoms with Gasteiger partial charge >= 0.3 is 5.69 Å². The summed E-state index contributed by atoms with van der Waals surface area (Å²) in [7, 11) is 0. The molecule has 1 rings (SSSR count). The molecule has 1 unspecified atom stereocenters. The van der Waals surface area contributed by atoms with E-state index in [0.717, 1.165) is 0 Å². The topological polar surface area (TPSA) is 65.3 Å². The Hall–Kier alpha value is -1.36. The highest BCUT2D eigenvalue weighted by Gasteiger charge is 2.20. The second-order valence-corrected chi connectivity index (χ2v) is 4.17. The highest BCUT2D eigenvalue weighted by Crippen LogP contribution is 2.27. The van der Waals surface area contributed by atoms with Crippen LogP contribution in [-0.4, -0.2) is 16.0 Å². The first-order valence-electron chi connectivity index (χ1n) is 4.89. The van der Waals surface area contributed by atoms with Crippen molar-refractivity contribution in [1.29, 1.82) is 0 Å². The van der Waals surface area contributed by atoms with Crippen molar-refractivity contribution < 1.29 is 9.66 Å². The molecule has 0 bridgehead atoms. The van der Waals surface area contributed by atoms with E-state index in [1.807, 2.05) is 20.8 Å². The predicted octanol–water partition coefficient (Wildman–Crippen LogP) is 3.07. The quantitative estimate of drug-likeness (QED) is 0.464. The van der Waals surface area contributed by atoms with Crippen LogP contribution in [0.4, 0.5) is 5.69 Å². The third-order valence-corrected chi connectivity index (χ3v) is 2.45. The average molecular weight is 245 g/mol. The first kappa shape index (κ1) is 12.7. The zero-order valence-electron chi connectivity index (χ0n) is 9.31. The van der Waals surface area contributed by atoms with Crippen molar-refractivity contribution in [3.8, 4) is 5.88 Å². The van der Waals surface area contributed by atoms with Gasteiger partial charge in [0.2, 0.25) is 0 Å². The van der Waals surface area contributed by atoms with E-state index < -0.39 is 4.92 Å². The van der Waals surface area contributed by atoms with E-state index in [4.69, 9.17) is 16.3 Å². The van der Waals surface area contributed by atoms with Gasteiger partial charge in [-0.25, -0.2) is 0 Å². The number of nitrogens with zero attached hydrogens (tertiary/aromatic N) is 2. The zero-order valence-corrected chi connectivity index (χ0v) is 10.1. The van der Waals surface area contributed by atoms with Crippen LogP contribution in [-0.2, 0) is 0 Å². The summed E-state index contributed by atoms with van der Waals surface area (Å²) in [5, 5.41) is 10.9. The van der Waals surface area contributed by atoms with Gasteiger partial charge in [-0.1, -0.05) is 25.4 Å². The van der Waals surface area contributed by atoms with Crippen molar-refractivity contribution in [2.24, 2.45) is 5.92 Å². The van der Waals surface area contributed by atoms with Gasteiger partial charge in [0.05, 0.1) is 4.92 Å². The van der Waals surface area contributed by atoms with Crippen LogP contribution in [0.5, 0.6) is 5.88 Å². The largest absolute Gasteiger partial charge is 0.469 e. The Balaban J connectivity index is 3.01. The number of hydrogen-bond donors (Lipinski definition) is 0. The molecule has 0 aliphatic carbocycles. The monoisotopic (exact) mass is 244 g/mol. The third-order valence-electron chi connectivity index (χ3n) is 2.24. The van der Waals surface area contributed by atoms with Crippen LogP contribution in [0.3, 0.4) is 0 Å². The smallest absolute Gasteiger partial charge is 0.331 e. The van der Waals surface area contributed by atoms with E-state index in [2.05, 4.69) is 4.98 Å². The molecule has 0 amide bonds. The van der Waals surface area contributed by atoms with Crippen molar-refractivity contribution >= 4 is 17.3 Å². The molecule has 1 atom stereocenters. The summed E-state index contributed by atoms with van der Waals surface area (Å²) in [6, 6.07) is 2.66. The summed E-state index contributed by atoms with van der Waals surface area (Å²) in [5.41, 5.74) is -0.170. The molecule has 6 heteroatoms. The van der Waals surface area contributed by atoms with Crippen LogP contribution < -0.4 is 4.74 Å². The van der Waals surface area contributed by atoms with Gasteiger partial charge in [0.15, 0.2) is 0 Å². The van der Waals surface area contributed by atoms with Crippen molar-refractivity contribution in [2.45, 2.75) is 26.9 Å². The number of pyridine rings is 1. The molecule has 0 fully saturated rings. The minimum atomic E-state index is -0.536. The lowest BCUT2D eigenvalue weighted by Gasteiger charge is -2.16. The molecule has 1 heterocycles. The number of aromatic nitrogens is 1. The first-order chi connectivity index (χ1) is 7.41. The maximum atomic E-state index is 10.7. The van der Waals surface area contributed by atoms with E-state index in [1.54, 1.807) is 0 Å². The lowest BCUT2D eigenvalue weighted by atomic mass is 10.1. The molecule has 0 aliphatic rings. The highest BCUT2D eigenvalue weighted by atomic mass is 35.5. The molecule has 5 nitrogen and oxygen atoms in total. The van der Waals surface area contributed by atoms with Gasteiger partial charge in [0.1, 0.15) is 11.3 Å². The molecule has 0 N–H and O–H groups in total. The van der Waals surface area contributed by atoms with Gasteiger partial charge in [0.25, 0.3) is 5.88 Å². The Morgan fingerprint density at radius 3 is 2.56 bits per heavy atom. The Morgan fingerprint density at radius 1 is 1.44 bits per heavy atom. The second-order valence-electron chi connectivity index (χ2n) is 3.78. The molecule has 1 aromatic heterocycles. The van der Waals surface area contributed by atoms with E-state index in [1.165, 1.54) is 12.1 Å². The second kappa shape index (κ2) is 5.12. The minimum absolute atomic E-state index is 0.0290. The van der Waals surface area contributed by atoms with Crippen LogP contribution >= 0.6 is 11.6 Å². The fraction of sp³-hybridized carbons (Fsp3) is 0.500. The SMILES string of the molecule is CC(C)C(C)Oc1nc(Cl)ccc1[N+](=O)[O-]. The van der Waals surface area contributed by atoms with E-state index in [0.29, 0.717) is 0 Å². The van der Waals surface area contributed by atoms with E-state index >= 15 is 0 Å². The molecule has 0 spiro atoms. The average Bonchev–Trinajstić information content (AvgIpc) is 2.16. The number of nitro groups is 1. The van der Waals surface area contributed by atoms with Crippen molar-refractivity contribution in [1.82, 2.24) is 4.98 Å². The van der Waals surface area contributed by atoms with Gasteiger partial charge in [-0.15, -0.1) is 0 Å². The van der Waals surface area contributed by atoms with Crippen LogP contribution in [0.1, 0.15) is 20.8 Å². The molecule has 0 aliphatic heterocycles. The molecule has 0 radical (unpaired) electrons. The number of rotatable bonds is 4. The first-order valence-corrected chi connectivity index (χ1v) is 5.27. The van der Waals surface area contributed by atoms with E-state index in [-0.39, 0.29) is 28.7 Å². The Bertz CT molecular complexity index is 396. The molecule has 0 saturated heterocycles. The zero-order chi connectivity index (χ0) is 12.3. The van der Waals surface area contributed by atoms with Crippen molar-refractivity contribution in [3.63, 3.8) is 0 Å². The number of halogens is 1. The van der Waals surface area contributed by atoms with Crippen LogP contribution in [0.15, 0.2) is 12.1 Å². The number of hydrogen-bond acceptors (Lipinski definition) is 4.